The predicted octanol–water partition coefficient (Wildman–Crippen LogP) is 4.22. The highest BCUT2D eigenvalue weighted by molar-refractivity contribution is 9.10. The molecule has 0 atom stereocenters. The second kappa shape index (κ2) is 7.48. The van der Waals surface area contributed by atoms with Gasteiger partial charge in [-0.05, 0) is 42.8 Å². The van der Waals surface area contributed by atoms with Gasteiger partial charge in [0.2, 0.25) is 0 Å². The fraction of sp³-hybridized carbons (Fsp3) is 0.188. The number of carbonyl (C=O) groups is 1. The van der Waals surface area contributed by atoms with E-state index in [1.165, 1.54) is 0 Å². The minimum Gasteiger partial charge on any atom is -0.492 e. The van der Waals surface area contributed by atoms with Crippen molar-refractivity contribution >= 4 is 33.4 Å². The highest BCUT2D eigenvalue weighted by Gasteiger charge is 2.10. The second-order valence-electron chi connectivity index (χ2n) is 4.55. The molecule has 110 valence electrons. The first kappa shape index (κ1) is 15.9. The Kier molecular flexibility index (Phi) is 5.65. The van der Waals surface area contributed by atoms with Crippen molar-refractivity contribution in [3.05, 3.63) is 63.1 Å². The molecule has 0 saturated carbocycles. The number of nitrogens with one attached hydrogen (secondary N) is 1. The number of aryl methyl sites for hydroxylation is 1. The van der Waals surface area contributed by atoms with Gasteiger partial charge >= 0.3 is 0 Å². The van der Waals surface area contributed by atoms with Crippen LogP contribution in [-0.4, -0.2) is 19.1 Å². The zero-order chi connectivity index (χ0) is 15.2. The summed E-state index contributed by atoms with van der Waals surface area (Å²) in [6.07, 6.45) is 0. The molecule has 2 aromatic carbocycles. The van der Waals surface area contributed by atoms with E-state index in [2.05, 4.69) is 21.2 Å². The van der Waals surface area contributed by atoms with E-state index in [0.29, 0.717) is 23.7 Å². The largest absolute Gasteiger partial charge is 0.492 e. The predicted molar refractivity (Wildman–Crippen MR) is 88.2 cm³/mol. The van der Waals surface area contributed by atoms with Crippen molar-refractivity contribution in [1.29, 1.82) is 0 Å². The maximum absolute atomic E-state index is 12.0. The van der Waals surface area contributed by atoms with Gasteiger partial charge in [0.05, 0.1) is 17.1 Å². The van der Waals surface area contributed by atoms with Gasteiger partial charge in [-0.1, -0.05) is 39.7 Å². The van der Waals surface area contributed by atoms with Crippen LogP contribution >= 0.6 is 27.5 Å². The molecule has 5 heteroatoms. The number of rotatable bonds is 5. The van der Waals surface area contributed by atoms with E-state index in [9.17, 15) is 4.79 Å². The van der Waals surface area contributed by atoms with E-state index in [0.717, 1.165) is 15.8 Å². The molecule has 1 amide bonds. The molecule has 0 saturated heterocycles. The SMILES string of the molecule is Cc1cccc(OCCNC(=O)c2cc(Br)ccc2Cl)c1. The van der Waals surface area contributed by atoms with Gasteiger partial charge in [0.25, 0.3) is 5.91 Å². The number of halogens is 2. The Morgan fingerprint density at radius 3 is 2.86 bits per heavy atom. The number of carbonyl (C=O) groups excluding carboxylic acids is 1. The lowest BCUT2D eigenvalue weighted by Gasteiger charge is -2.09. The Morgan fingerprint density at radius 1 is 1.29 bits per heavy atom. The monoisotopic (exact) mass is 367 g/mol. The van der Waals surface area contributed by atoms with Gasteiger partial charge in [0.15, 0.2) is 0 Å². The Balaban J connectivity index is 1.83. The zero-order valence-corrected chi connectivity index (χ0v) is 13.9. The lowest BCUT2D eigenvalue weighted by Crippen LogP contribution is -2.28. The third-order valence-corrected chi connectivity index (χ3v) is 3.64. The molecule has 2 aromatic rings. The first-order chi connectivity index (χ1) is 10.1. The molecule has 0 bridgehead atoms. The van der Waals surface area contributed by atoms with Crippen molar-refractivity contribution in [2.24, 2.45) is 0 Å². The molecule has 0 aliphatic heterocycles. The molecular formula is C16H15BrClNO2. The van der Waals surface area contributed by atoms with Crippen LogP contribution in [0.4, 0.5) is 0 Å². The van der Waals surface area contributed by atoms with Crippen molar-refractivity contribution in [2.45, 2.75) is 6.92 Å². The van der Waals surface area contributed by atoms with Crippen molar-refractivity contribution in [2.75, 3.05) is 13.2 Å². The number of hydrogen-bond acceptors (Lipinski definition) is 2. The molecule has 1 N–H and O–H groups in total. The van der Waals surface area contributed by atoms with Crippen LogP contribution in [0.2, 0.25) is 5.02 Å². The second-order valence-corrected chi connectivity index (χ2v) is 5.87. The van der Waals surface area contributed by atoms with E-state index in [-0.39, 0.29) is 5.91 Å². The van der Waals surface area contributed by atoms with Gasteiger partial charge in [-0.3, -0.25) is 4.79 Å². The average Bonchev–Trinajstić information content (AvgIpc) is 2.46. The van der Waals surface area contributed by atoms with E-state index in [4.69, 9.17) is 16.3 Å². The van der Waals surface area contributed by atoms with Crippen molar-refractivity contribution in [3.63, 3.8) is 0 Å². The molecule has 0 heterocycles. The Hall–Kier alpha value is -1.52. The Morgan fingerprint density at radius 2 is 2.10 bits per heavy atom. The lowest BCUT2D eigenvalue weighted by molar-refractivity contribution is 0.0947. The molecule has 0 fully saturated rings. The van der Waals surface area contributed by atoms with Crippen LogP contribution in [0.5, 0.6) is 5.75 Å². The summed E-state index contributed by atoms with van der Waals surface area (Å²) < 4.78 is 6.38. The van der Waals surface area contributed by atoms with Gasteiger partial charge in [0, 0.05) is 4.47 Å². The Bertz CT molecular complexity index is 646. The minimum atomic E-state index is -0.214. The zero-order valence-electron chi connectivity index (χ0n) is 11.5. The summed E-state index contributed by atoms with van der Waals surface area (Å²) in [6.45, 7) is 2.82. The molecular weight excluding hydrogens is 354 g/mol. The first-order valence-corrected chi connectivity index (χ1v) is 7.66. The van der Waals surface area contributed by atoms with Crippen molar-refractivity contribution < 1.29 is 9.53 Å². The van der Waals surface area contributed by atoms with Crippen molar-refractivity contribution in [3.8, 4) is 5.75 Å². The normalized spacial score (nSPS) is 10.2. The number of ether oxygens (including phenoxy) is 1. The quantitative estimate of drug-likeness (QED) is 0.803. The highest BCUT2D eigenvalue weighted by atomic mass is 79.9. The number of amides is 1. The van der Waals surface area contributed by atoms with E-state index >= 15 is 0 Å². The lowest BCUT2D eigenvalue weighted by atomic mass is 10.2. The molecule has 0 aliphatic rings. The van der Waals surface area contributed by atoms with Crippen LogP contribution < -0.4 is 10.1 Å². The van der Waals surface area contributed by atoms with Crippen LogP contribution in [0.1, 0.15) is 15.9 Å². The van der Waals surface area contributed by atoms with Crippen LogP contribution in [0.25, 0.3) is 0 Å². The van der Waals surface area contributed by atoms with Gasteiger partial charge < -0.3 is 10.1 Å². The van der Waals surface area contributed by atoms with Gasteiger partial charge in [0.1, 0.15) is 12.4 Å². The molecule has 0 spiro atoms. The maximum Gasteiger partial charge on any atom is 0.252 e. The van der Waals surface area contributed by atoms with E-state index in [1.54, 1.807) is 18.2 Å². The van der Waals surface area contributed by atoms with E-state index in [1.807, 2.05) is 31.2 Å². The maximum atomic E-state index is 12.0. The molecule has 0 unspecified atom stereocenters. The summed E-state index contributed by atoms with van der Waals surface area (Å²) in [5.41, 5.74) is 1.58. The van der Waals surface area contributed by atoms with Crippen LogP contribution in [0.15, 0.2) is 46.9 Å². The molecule has 21 heavy (non-hydrogen) atoms. The number of benzene rings is 2. The molecule has 0 aromatic heterocycles. The van der Waals surface area contributed by atoms with E-state index < -0.39 is 0 Å². The molecule has 0 aliphatic carbocycles. The summed E-state index contributed by atoms with van der Waals surface area (Å²) in [5, 5.41) is 3.21. The third kappa shape index (κ3) is 4.76. The van der Waals surface area contributed by atoms with Crippen LogP contribution in [0, 0.1) is 6.92 Å². The van der Waals surface area contributed by atoms with Crippen molar-refractivity contribution in [1.82, 2.24) is 5.32 Å². The standard InChI is InChI=1S/C16H15BrClNO2/c1-11-3-2-4-13(9-11)21-8-7-19-16(20)14-10-12(17)5-6-15(14)18/h2-6,9-10H,7-8H2,1H3,(H,19,20). The van der Waals surface area contributed by atoms with Crippen LogP contribution in [0.3, 0.4) is 0 Å². The number of hydrogen-bond donors (Lipinski definition) is 1. The Labute approximate surface area is 137 Å². The summed E-state index contributed by atoms with van der Waals surface area (Å²) >= 11 is 9.32. The van der Waals surface area contributed by atoms with Gasteiger partial charge in [-0.25, -0.2) is 0 Å². The molecule has 0 radical (unpaired) electrons. The average molecular weight is 369 g/mol. The van der Waals surface area contributed by atoms with Gasteiger partial charge in [-0.2, -0.15) is 0 Å². The minimum absolute atomic E-state index is 0.214. The summed E-state index contributed by atoms with van der Waals surface area (Å²) in [5.74, 6) is 0.582. The highest BCUT2D eigenvalue weighted by Crippen LogP contribution is 2.20. The first-order valence-electron chi connectivity index (χ1n) is 6.49. The van der Waals surface area contributed by atoms with Crippen LogP contribution in [-0.2, 0) is 0 Å². The summed E-state index contributed by atoms with van der Waals surface area (Å²) in [6, 6.07) is 12.9. The topological polar surface area (TPSA) is 38.3 Å². The third-order valence-electron chi connectivity index (χ3n) is 2.82. The van der Waals surface area contributed by atoms with Gasteiger partial charge in [-0.15, -0.1) is 0 Å². The molecule has 2 rings (SSSR count). The fourth-order valence-corrected chi connectivity index (χ4v) is 2.37. The summed E-state index contributed by atoms with van der Waals surface area (Å²) in [4.78, 5) is 12.0. The summed E-state index contributed by atoms with van der Waals surface area (Å²) in [7, 11) is 0. The molecule has 3 nitrogen and oxygen atoms in total. The fourth-order valence-electron chi connectivity index (χ4n) is 1.81. The smallest absolute Gasteiger partial charge is 0.252 e.